The van der Waals surface area contributed by atoms with Crippen molar-refractivity contribution < 1.29 is 4.79 Å². The van der Waals surface area contributed by atoms with Crippen molar-refractivity contribution in [3.63, 3.8) is 0 Å². The van der Waals surface area contributed by atoms with E-state index in [-0.39, 0.29) is 5.91 Å². The predicted octanol–water partition coefficient (Wildman–Crippen LogP) is 3.34. The maximum atomic E-state index is 12.1. The third kappa shape index (κ3) is 2.83. The van der Waals surface area contributed by atoms with Crippen molar-refractivity contribution in [3.8, 4) is 0 Å². The molecule has 0 bridgehead atoms. The number of pyridine rings is 1. The third-order valence-electron chi connectivity index (χ3n) is 3.29. The fraction of sp³-hybridized carbons (Fsp3) is 0.125. The molecule has 3 aromatic rings. The molecule has 0 atom stereocenters. The maximum absolute atomic E-state index is 12.1. The minimum atomic E-state index is -0.115. The Morgan fingerprint density at radius 3 is 2.81 bits per heavy atom. The highest BCUT2D eigenvalue weighted by Gasteiger charge is 2.10. The van der Waals surface area contributed by atoms with Crippen molar-refractivity contribution >= 4 is 27.5 Å². The highest BCUT2D eigenvalue weighted by atomic mass is 79.9. The number of nitrogens with zero attached hydrogens (tertiary/aromatic N) is 2. The molecule has 2 aromatic heterocycles. The van der Waals surface area contributed by atoms with Crippen molar-refractivity contribution in [1.82, 2.24) is 14.7 Å². The number of aryl methyl sites for hydroxylation is 1. The van der Waals surface area contributed by atoms with E-state index < -0.39 is 0 Å². The molecule has 1 N–H and O–H groups in total. The fourth-order valence-corrected chi connectivity index (χ4v) is 2.66. The van der Waals surface area contributed by atoms with Gasteiger partial charge >= 0.3 is 0 Å². The minimum Gasteiger partial charge on any atom is -0.346 e. The molecule has 0 saturated heterocycles. The van der Waals surface area contributed by atoms with E-state index >= 15 is 0 Å². The van der Waals surface area contributed by atoms with E-state index in [2.05, 4.69) is 26.2 Å². The molecule has 0 aliphatic rings. The summed E-state index contributed by atoms with van der Waals surface area (Å²) < 4.78 is 2.80. The second kappa shape index (κ2) is 5.69. The molecule has 0 fully saturated rings. The second-order valence-electron chi connectivity index (χ2n) is 4.79. The van der Waals surface area contributed by atoms with Gasteiger partial charge in [-0.3, -0.25) is 4.79 Å². The standard InChI is InChI=1S/C16H14BrN3O/c1-11-5-4-8-15-19-12(10-20(11)15)9-18-16(21)13-6-2-3-7-14(13)17/h2-8,10H,9H2,1H3,(H,18,21). The van der Waals surface area contributed by atoms with Crippen LogP contribution in [0.4, 0.5) is 0 Å². The Morgan fingerprint density at radius 2 is 2.05 bits per heavy atom. The lowest BCUT2D eigenvalue weighted by molar-refractivity contribution is 0.0949. The number of benzene rings is 1. The van der Waals surface area contributed by atoms with Crippen LogP contribution in [0.15, 0.2) is 53.1 Å². The number of imidazole rings is 1. The summed E-state index contributed by atoms with van der Waals surface area (Å²) in [6, 6.07) is 13.3. The highest BCUT2D eigenvalue weighted by molar-refractivity contribution is 9.10. The topological polar surface area (TPSA) is 46.4 Å². The second-order valence-corrected chi connectivity index (χ2v) is 5.64. The fourth-order valence-electron chi connectivity index (χ4n) is 2.20. The monoisotopic (exact) mass is 343 g/mol. The van der Waals surface area contributed by atoms with Crippen LogP contribution in [0.2, 0.25) is 0 Å². The lowest BCUT2D eigenvalue weighted by Crippen LogP contribution is -2.23. The predicted molar refractivity (Wildman–Crippen MR) is 85.2 cm³/mol. The number of rotatable bonds is 3. The van der Waals surface area contributed by atoms with Crippen LogP contribution in [-0.2, 0) is 6.54 Å². The summed E-state index contributed by atoms with van der Waals surface area (Å²) in [6.45, 7) is 2.43. The quantitative estimate of drug-likeness (QED) is 0.792. The van der Waals surface area contributed by atoms with E-state index in [1.807, 2.05) is 53.9 Å². The number of fused-ring (bicyclic) bond motifs is 1. The lowest BCUT2D eigenvalue weighted by Gasteiger charge is -2.04. The van der Waals surface area contributed by atoms with Gasteiger partial charge in [0.2, 0.25) is 0 Å². The van der Waals surface area contributed by atoms with Crippen molar-refractivity contribution in [2.45, 2.75) is 13.5 Å². The number of amides is 1. The average Bonchev–Trinajstić information content (AvgIpc) is 2.90. The van der Waals surface area contributed by atoms with Crippen molar-refractivity contribution in [3.05, 3.63) is 70.1 Å². The van der Waals surface area contributed by atoms with Crippen LogP contribution in [0.25, 0.3) is 5.65 Å². The molecule has 1 amide bonds. The Labute approximate surface area is 131 Å². The molecular weight excluding hydrogens is 330 g/mol. The van der Waals surface area contributed by atoms with Crippen LogP contribution in [0.5, 0.6) is 0 Å². The summed E-state index contributed by atoms with van der Waals surface area (Å²) >= 11 is 3.38. The van der Waals surface area contributed by atoms with E-state index in [0.717, 1.165) is 21.5 Å². The molecule has 0 radical (unpaired) electrons. The van der Waals surface area contributed by atoms with Gasteiger partial charge in [-0.1, -0.05) is 18.2 Å². The molecular formula is C16H14BrN3O. The van der Waals surface area contributed by atoms with E-state index in [0.29, 0.717) is 12.1 Å². The number of hydrogen-bond acceptors (Lipinski definition) is 2. The van der Waals surface area contributed by atoms with Gasteiger partial charge in [0.1, 0.15) is 5.65 Å². The van der Waals surface area contributed by atoms with Gasteiger partial charge in [-0.05, 0) is 47.1 Å². The van der Waals surface area contributed by atoms with Crippen LogP contribution >= 0.6 is 15.9 Å². The van der Waals surface area contributed by atoms with Gasteiger partial charge in [0, 0.05) is 16.4 Å². The summed E-state index contributed by atoms with van der Waals surface area (Å²) in [7, 11) is 0. The summed E-state index contributed by atoms with van der Waals surface area (Å²) in [4.78, 5) is 16.6. The molecule has 0 unspecified atom stereocenters. The summed E-state index contributed by atoms with van der Waals surface area (Å²) in [5.41, 5.74) is 3.46. The zero-order valence-electron chi connectivity index (χ0n) is 11.5. The number of carbonyl (C=O) groups excluding carboxylic acids is 1. The summed E-state index contributed by atoms with van der Waals surface area (Å²) in [5, 5.41) is 2.89. The summed E-state index contributed by atoms with van der Waals surface area (Å²) in [5.74, 6) is -0.115. The van der Waals surface area contributed by atoms with Gasteiger partial charge in [0.05, 0.1) is 17.8 Å². The Morgan fingerprint density at radius 1 is 1.24 bits per heavy atom. The largest absolute Gasteiger partial charge is 0.346 e. The van der Waals surface area contributed by atoms with Gasteiger partial charge < -0.3 is 9.72 Å². The van der Waals surface area contributed by atoms with Gasteiger partial charge in [-0.15, -0.1) is 0 Å². The third-order valence-corrected chi connectivity index (χ3v) is 3.99. The molecule has 0 spiro atoms. The van der Waals surface area contributed by atoms with Crippen LogP contribution in [0.1, 0.15) is 21.7 Å². The SMILES string of the molecule is Cc1cccc2nc(CNC(=O)c3ccccc3Br)cn12. The van der Waals surface area contributed by atoms with Crippen LogP contribution in [-0.4, -0.2) is 15.3 Å². The zero-order valence-corrected chi connectivity index (χ0v) is 13.1. The zero-order chi connectivity index (χ0) is 14.8. The molecule has 21 heavy (non-hydrogen) atoms. The van der Waals surface area contributed by atoms with Gasteiger partial charge in [0.25, 0.3) is 5.91 Å². The van der Waals surface area contributed by atoms with Crippen LogP contribution < -0.4 is 5.32 Å². The minimum absolute atomic E-state index is 0.115. The van der Waals surface area contributed by atoms with Crippen molar-refractivity contribution in [1.29, 1.82) is 0 Å². The van der Waals surface area contributed by atoms with Crippen LogP contribution in [0, 0.1) is 6.92 Å². The Bertz CT molecular complexity index is 810. The smallest absolute Gasteiger partial charge is 0.252 e. The molecule has 4 nitrogen and oxygen atoms in total. The summed E-state index contributed by atoms with van der Waals surface area (Å²) in [6.07, 6.45) is 1.95. The highest BCUT2D eigenvalue weighted by Crippen LogP contribution is 2.15. The van der Waals surface area contributed by atoms with E-state index in [1.165, 1.54) is 0 Å². The maximum Gasteiger partial charge on any atom is 0.252 e. The first-order valence-electron chi connectivity index (χ1n) is 6.61. The number of nitrogens with one attached hydrogen (secondary N) is 1. The molecule has 3 rings (SSSR count). The lowest BCUT2D eigenvalue weighted by atomic mass is 10.2. The first-order chi connectivity index (χ1) is 10.1. The van der Waals surface area contributed by atoms with E-state index in [4.69, 9.17) is 0 Å². The molecule has 5 heteroatoms. The van der Waals surface area contributed by atoms with Gasteiger partial charge in [-0.2, -0.15) is 0 Å². The van der Waals surface area contributed by atoms with Gasteiger partial charge in [-0.25, -0.2) is 4.98 Å². The van der Waals surface area contributed by atoms with Crippen molar-refractivity contribution in [2.75, 3.05) is 0 Å². The number of carbonyl (C=O) groups is 1. The molecule has 1 aromatic carbocycles. The first-order valence-corrected chi connectivity index (χ1v) is 7.41. The Hall–Kier alpha value is -2.14. The first kappa shape index (κ1) is 13.8. The Balaban J connectivity index is 1.76. The van der Waals surface area contributed by atoms with Gasteiger partial charge in [0.15, 0.2) is 0 Å². The molecule has 0 saturated carbocycles. The number of hydrogen-bond donors (Lipinski definition) is 1. The molecule has 0 aliphatic carbocycles. The van der Waals surface area contributed by atoms with Crippen molar-refractivity contribution in [2.24, 2.45) is 0 Å². The number of halogens is 1. The molecule has 2 heterocycles. The average molecular weight is 344 g/mol. The normalized spacial score (nSPS) is 10.8. The molecule has 106 valence electrons. The van der Waals surface area contributed by atoms with E-state index in [9.17, 15) is 4.79 Å². The van der Waals surface area contributed by atoms with E-state index in [1.54, 1.807) is 6.07 Å². The Kier molecular flexibility index (Phi) is 3.75. The van der Waals surface area contributed by atoms with Crippen LogP contribution in [0.3, 0.4) is 0 Å². The molecule has 0 aliphatic heterocycles. The number of aromatic nitrogens is 2.